The number of hydrogen-bond donors (Lipinski definition) is 1. The van der Waals surface area contributed by atoms with Gasteiger partial charge in [-0.05, 0) is 24.3 Å². The molecule has 27 heavy (non-hydrogen) atoms. The number of anilines is 1. The van der Waals surface area contributed by atoms with E-state index in [4.69, 9.17) is 14.2 Å². The topological polar surface area (TPSA) is 82.6 Å². The average molecular weight is 365 g/mol. The molecule has 0 saturated carbocycles. The zero-order valence-corrected chi connectivity index (χ0v) is 15.0. The number of carbonyl (C=O) groups is 1. The fraction of sp³-hybridized carbons (Fsp3) is 0.150. The van der Waals surface area contributed by atoms with Crippen LogP contribution < -0.4 is 14.8 Å². The van der Waals surface area contributed by atoms with E-state index in [0.717, 1.165) is 5.56 Å². The molecule has 0 bridgehead atoms. The number of amides is 1. The maximum atomic E-state index is 12.6. The van der Waals surface area contributed by atoms with Gasteiger partial charge in [-0.25, -0.2) is 4.98 Å². The van der Waals surface area contributed by atoms with Crippen LogP contribution in [0.15, 0.2) is 61.1 Å². The molecule has 1 aromatic heterocycles. The number of ether oxygens (including phenoxy) is 3. The summed E-state index contributed by atoms with van der Waals surface area (Å²) >= 11 is 0. The van der Waals surface area contributed by atoms with Gasteiger partial charge in [0.25, 0.3) is 5.91 Å². The van der Waals surface area contributed by atoms with E-state index < -0.39 is 0 Å². The van der Waals surface area contributed by atoms with Crippen molar-refractivity contribution in [3.05, 3.63) is 72.2 Å². The Hall–Kier alpha value is -3.45. The fourth-order valence-electron chi connectivity index (χ4n) is 2.46. The van der Waals surface area contributed by atoms with Crippen LogP contribution in [-0.2, 0) is 11.3 Å². The first-order valence-corrected chi connectivity index (χ1v) is 8.20. The number of hydrogen-bond acceptors (Lipinski definition) is 6. The molecule has 1 amide bonds. The van der Waals surface area contributed by atoms with Crippen LogP contribution in [0.25, 0.3) is 0 Å². The van der Waals surface area contributed by atoms with E-state index in [-0.39, 0.29) is 5.91 Å². The van der Waals surface area contributed by atoms with Crippen LogP contribution in [0.3, 0.4) is 0 Å². The maximum absolute atomic E-state index is 12.6. The van der Waals surface area contributed by atoms with Gasteiger partial charge in [0, 0.05) is 42.4 Å². The molecule has 0 unspecified atom stereocenters. The standard InChI is InChI=1S/C20H19N3O4/c1-25-13-15-7-6-14(10-18(15)26-2)20(24)23-16-4-3-5-17(11-16)27-19-12-21-8-9-22-19/h3-12H,13H2,1-2H3,(H,23,24). The Labute approximate surface area is 156 Å². The summed E-state index contributed by atoms with van der Waals surface area (Å²) in [7, 11) is 3.17. The van der Waals surface area contributed by atoms with Crippen molar-refractivity contribution in [3.63, 3.8) is 0 Å². The van der Waals surface area contributed by atoms with Gasteiger partial charge in [-0.2, -0.15) is 0 Å². The number of nitrogens with zero attached hydrogens (tertiary/aromatic N) is 2. The van der Waals surface area contributed by atoms with Crippen LogP contribution in [-0.4, -0.2) is 30.1 Å². The normalized spacial score (nSPS) is 10.3. The summed E-state index contributed by atoms with van der Waals surface area (Å²) in [6, 6.07) is 12.3. The summed E-state index contributed by atoms with van der Waals surface area (Å²) in [5, 5.41) is 2.85. The highest BCUT2D eigenvalue weighted by Gasteiger charge is 2.11. The first kappa shape index (κ1) is 18.3. The van der Waals surface area contributed by atoms with Crippen LogP contribution in [0.1, 0.15) is 15.9 Å². The highest BCUT2D eigenvalue weighted by Crippen LogP contribution is 2.24. The summed E-state index contributed by atoms with van der Waals surface area (Å²) in [4.78, 5) is 20.6. The Balaban J connectivity index is 1.73. The van der Waals surface area contributed by atoms with Gasteiger partial charge in [0.2, 0.25) is 5.88 Å². The van der Waals surface area contributed by atoms with Gasteiger partial charge < -0.3 is 19.5 Å². The molecule has 0 aliphatic carbocycles. The van der Waals surface area contributed by atoms with E-state index in [1.165, 1.54) is 6.20 Å². The smallest absolute Gasteiger partial charge is 0.255 e. The van der Waals surface area contributed by atoms with Crippen molar-refractivity contribution < 1.29 is 19.0 Å². The quantitative estimate of drug-likeness (QED) is 0.688. The van der Waals surface area contributed by atoms with Crippen LogP contribution in [0.5, 0.6) is 17.4 Å². The summed E-state index contributed by atoms with van der Waals surface area (Å²) < 4.78 is 16.1. The average Bonchev–Trinajstić information content (AvgIpc) is 2.69. The minimum Gasteiger partial charge on any atom is -0.496 e. The molecule has 1 heterocycles. The zero-order valence-electron chi connectivity index (χ0n) is 15.0. The maximum Gasteiger partial charge on any atom is 0.255 e. The molecule has 138 valence electrons. The molecule has 0 aliphatic rings. The second-order valence-electron chi connectivity index (χ2n) is 5.59. The van der Waals surface area contributed by atoms with Crippen molar-refractivity contribution in [3.8, 4) is 17.4 Å². The first-order chi connectivity index (χ1) is 13.2. The SMILES string of the molecule is COCc1ccc(C(=O)Nc2cccc(Oc3cnccn3)c2)cc1OC. The number of benzene rings is 2. The molecule has 0 radical (unpaired) electrons. The lowest BCUT2D eigenvalue weighted by atomic mass is 10.1. The molecule has 0 spiro atoms. The van der Waals surface area contributed by atoms with Crippen molar-refractivity contribution in [1.29, 1.82) is 0 Å². The lowest BCUT2D eigenvalue weighted by Crippen LogP contribution is -2.12. The van der Waals surface area contributed by atoms with Gasteiger partial charge in [-0.1, -0.05) is 12.1 Å². The number of aromatic nitrogens is 2. The Kier molecular flexibility index (Phi) is 5.96. The van der Waals surface area contributed by atoms with Gasteiger partial charge in [0.15, 0.2) is 0 Å². The highest BCUT2D eigenvalue weighted by atomic mass is 16.5. The lowest BCUT2D eigenvalue weighted by molar-refractivity contribution is 0.102. The molecule has 3 rings (SSSR count). The summed E-state index contributed by atoms with van der Waals surface area (Å²) in [6.07, 6.45) is 4.62. The van der Waals surface area contributed by atoms with Crippen molar-refractivity contribution in [2.75, 3.05) is 19.5 Å². The fourth-order valence-corrected chi connectivity index (χ4v) is 2.46. The zero-order chi connectivity index (χ0) is 19.1. The van der Waals surface area contributed by atoms with Crippen molar-refractivity contribution in [2.24, 2.45) is 0 Å². The minimum absolute atomic E-state index is 0.256. The Bertz CT molecular complexity index is 916. The molecule has 1 N–H and O–H groups in total. The van der Waals surface area contributed by atoms with Crippen LogP contribution in [0.2, 0.25) is 0 Å². The third kappa shape index (κ3) is 4.80. The Morgan fingerprint density at radius 3 is 2.74 bits per heavy atom. The molecule has 0 atom stereocenters. The molecule has 7 nitrogen and oxygen atoms in total. The van der Waals surface area contributed by atoms with Crippen molar-refractivity contribution >= 4 is 11.6 Å². The largest absolute Gasteiger partial charge is 0.496 e. The van der Waals surface area contributed by atoms with Crippen molar-refractivity contribution in [1.82, 2.24) is 9.97 Å². The molecular weight excluding hydrogens is 346 g/mol. The second-order valence-corrected chi connectivity index (χ2v) is 5.59. The molecule has 0 saturated heterocycles. The number of methoxy groups -OCH3 is 2. The van der Waals surface area contributed by atoms with Gasteiger partial charge >= 0.3 is 0 Å². The Morgan fingerprint density at radius 1 is 1.11 bits per heavy atom. The molecule has 7 heteroatoms. The third-order valence-corrected chi connectivity index (χ3v) is 3.70. The number of carbonyl (C=O) groups excluding carboxylic acids is 1. The van der Waals surface area contributed by atoms with E-state index in [2.05, 4.69) is 15.3 Å². The van der Waals surface area contributed by atoms with E-state index in [9.17, 15) is 4.79 Å². The lowest BCUT2D eigenvalue weighted by Gasteiger charge is -2.11. The third-order valence-electron chi connectivity index (χ3n) is 3.70. The van der Waals surface area contributed by atoms with Crippen molar-refractivity contribution in [2.45, 2.75) is 6.61 Å². The summed E-state index contributed by atoms with van der Waals surface area (Å²) in [5.41, 5.74) is 1.95. The highest BCUT2D eigenvalue weighted by molar-refractivity contribution is 6.04. The van der Waals surface area contributed by atoms with E-state index in [1.54, 1.807) is 63.0 Å². The van der Waals surface area contributed by atoms with Crippen LogP contribution in [0.4, 0.5) is 5.69 Å². The predicted molar refractivity (Wildman–Crippen MR) is 100 cm³/mol. The van der Waals surface area contributed by atoms with Crippen LogP contribution in [0, 0.1) is 0 Å². The first-order valence-electron chi connectivity index (χ1n) is 8.20. The molecule has 0 fully saturated rings. The molecule has 3 aromatic rings. The molecule has 2 aromatic carbocycles. The monoisotopic (exact) mass is 365 g/mol. The second kappa shape index (κ2) is 8.77. The van der Waals surface area contributed by atoms with E-state index in [1.807, 2.05) is 6.07 Å². The number of rotatable bonds is 7. The molecular formula is C20H19N3O4. The minimum atomic E-state index is -0.256. The van der Waals surface area contributed by atoms with E-state index >= 15 is 0 Å². The number of nitrogens with one attached hydrogen (secondary N) is 1. The Morgan fingerprint density at radius 2 is 2.00 bits per heavy atom. The summed E-state index contributed by atoms with van der Waals surface area (Å²) in [6.45, 7) is 0.410. The molecule has 0 aliphatic heterocycles. The van der Waals surface area contributed by atoms with Gasteiger partial charge in [-0.3, -0.25) is 9.78 Å². The van der Waals surface area contributed by atoms with Gasteiger partial charge in [0.1, 0.15) is 11.5 Å². The predicted octanol–water partition coefficient (Wildman–Crippen LogP) is 3.68. The van der Waals surface area contributed by atoms with Gasteiger partial charge in [0.05, 0.1) is 19.9 Å². The van der Waals surface area contributed by atoms with Crippen LogP contribution >= 0.6 is 0 Å². The van der Waals surface area contributed by atoms with Gasteiger partial charge in [-0.15, -0.1) is 0 Å². The van der Waals surface area contributed by atoms with E-state index in [0.29, 0.717) is 35.2 Å². The summed E-state index contributed by atoms with van der Waals surface area (Å²) in [5.74, 6) is 1.26.